The molecule has 0 heterocycles. The molecule has 0 saturated heterocycles. The van der Waals surface area contributed by atoms with Gasteiger partial charge in [0.2, 0.25) is 0 Å². The van der Waals surface area contributed by atoms with Gasteiger partial charge in [-0.15, -0.1) is 0 Å². The van der Waals surface area contributed by atoms with Crippen LogP contribution < -0.4 is 0 Å². The van der Waals surface area contributed by atoms with E-state index in [1.807, 2.05) is 12.2 Å². The highest BCUT2D eigenvalue weighted by atomic mass is 31.2. The number of carbonyl (C=O) groups is 4. The molecule has 0 aliphatic heterocycles. The Kier molecular flexibility index (Phi) is 73.9. The third-order valence-electron chi connectivity index (χ3n) is 16.5. The lowest BCUT2D eigenvalue weighted by Crippen LogP contribution is -2.30. The van der Waals surface area contributed by atoms with Crippen molar-refractivity contribution >= 4 is 39.5 Å². The number of allylic oxidation sites excluding steroid dienone is 26. The van der Waals surface area contributed by atoms with Gasteiger partial charge in [-0.2, -0.15) is 0 Å². The van der Waals surface area contributed by atoms with Gasteiger partial charge in [0.05, 0.1) is 26.4 Å². The SMILES string of the molecule is CC/C=C\C/C=C\C/C=C\C/C=C\C/C=C\CCCC(=O)OCC(COP(=O)(O)OCC(O)COP(=O)(O)OCC(COC(=O)CCCCCCCC/C=C\C/C=C\C/C=C\C/C=C\CC)OC(=O)CCCC/C=C\C/C=C\C/C=C\C/C=C\CC)OC(=O)CCCCCCCCCCCCCCCCC. The smallest absolute Gasteiger partial charge is 0.462 e. The predicted octanol–water partition coefficient (Wildman–Crippen LogP) is 24.0. The van der Waals surface area contributed by atoms with Crippen molar-refractivity contribution in [2.75, 3.05) is 39.6 Å². The summed E-state index contributed by atoms with van der Waals surface area (Å²) in [6, 6.07) is 0. The highest BCUT2D eigenvalue weighted by Gasteiger charge is 2.30. The summed E-state index contributed by atoms with van der Waals surface area (Å²) in [5, 5.41) is 10.7. The maximum absolute atomic E-state index is 13.1. The molecule has 5 unspecified atom stereocenters. The summed E-state index contributed by atoms with van der Waals surface area (Å²) in [4.78, 5) is 73.1. The molecule has 0 aromatic heterocycles. The molecule has 17 nitrogen and oxygen atoms in total. The monoisotopic (exact) mass is 1520 g/mol. The van der Waals surface area contributed by atoms with Gasteiger partial charge in [0.15, 0.2) is 12.2 Å². The van der Waals surface area contributed by atoms with Crippen molar-refractivity contribution < 1.29 is 80.2 Å². The second-order valence-electron chi connectivity index (χ2n) is 26.6. The molecular weight excluding hydrogens is 1380 g/mol. The van der Waals surface area contributed by atoms with Crippen LogP contribution in [0.4, 0.5) is 0 Å². The standard InChI is InChI=1S/C87H144O17P2/c1-5-9-13-17-21-25-29-33-37-39-40-42-46-48-52-56-60-64-68-72-85(90)98-78-83(104-87(92)74-70-66-62-58-54-50-44-36-32-28-24-20-16-12-8-4)80-102-106(95,96)100-76-81(88)75-99-105(93,94)101-79-82(103-86(91)73-69-65-61-57-53-49-43-35-31-27-23-19-15-11-7-3)77-97-84(89)71-67-63-59-55-51-47-45-41-38-34-30-26-22-18-14-10-6-2/h9-10,12-14,16,21-22,24-26,28,33-34,36-38,40,42,44-45,47,54-55,58-59,81-83,88H,5-8,11,15,17-20,23,27,29-32,35,39,41,43,46,48-53,56-57,60-80H2,1-4H3,(H,93,94)(H,95,96)/b13-9-,14-10-,16-12-,25-21-,26-22-,28-24-,37-33-,38-34-,42-40-,44-36-,47-45-,58-54-,59-55-. The summed E-state index contributed by atoms with van der Waals surface area (Å²) in [5.74, 6) is -2.31. The highest BCUT2D eigenvalue weighted by Crippen LogP contribution is 2.45. The molecule has 0 aromatic carbocycles. The Hall–Kier alpha value is -5.32. The minimum Gasteiger partial charge on any atom is -0.462 e. The third kappa shape index (κ3) is 76.9. The Labute approximate surface area is 642 Å². The number of ether oxygens (including phenoxy) is 4. The summed E-state index contributed by atoms with van der Waals surface area (Å²) in [5.41, 5.74) is 0. The van der Waals surface area contributed by atoms with E-state index < -0.39 is 97.5 Å². The average molecular weight is 1520 g/mol. The predicted molar refractivity (Wildman–Crippen MR) is 436 cm³/mol. The molecule has 0 amide bonds. The number of phosphoric ester groups is 2. The van der Waals surface area contributed by atoms with E-state index in [0.717, 1.165) is 154 Å². The number of aliphatic hydroxyl groups is 1. The van der Waals surface area contributed by atoms with E-state index in [0.29, 0.717) is 38.5 Å². The van der Waals surface area contributed by atoms with Gasteiger partial charge < -0.3 is 33.8 Å². The third-order valence-corrected chi connectivity index (χ3v) is 18.4. The molecule has 0 aliphatic rings. The van der Waals surface area contributed by atoms with Crippen LogP contribution in [0.3, 0.4) is 0 Å². The van der Waals surface area contributed by atoms with E-state index in [-0.39, 0.29) is 25.7 Å². The van der Waals surface area contributed by atoms with Crippen LogP contribution in [0.1, 0.15) is 310 Å². The van der Waals surface area contributed by atoms with Crippen LogP contribution in [-0.2, 0) is 65.4 Å². The van der Waals surface area contributed by atoms with Crippen molar-refractivity contribution in [1.82, 2.24) is 0 Å². The van der Waals surface area contributed by atoms with E-state index >= 15 is 0 Å². The number of aliphatic hydroxyl groups excluding tert-OH is 1. The summed E-state index contributed by atoms with van der Waals surface area (Å²) in [6.45, 7) is 4.42. The Morgan fingerprint density at radius 1 is 0.274 bits per heavy atom. The lowest BCUT2D eigenvalue weighted by molar-refractivity contribution is -0.161. The second kappa shape index (κ2) is 77.8. The van der Waals surface area contributed by atoms with Crippen LogP contribution in [0.25, 0.3) is 0 Å². The second-order valence-corrected chi connectivity index (χ2v) is 29.5. The molecule has 0 aliphatic carbocycles. The van der Waals surface area contributed by atoms with E-state index in [4.69, 9.17) is 37.0 Å². The van der Waals surface area contributed by atoms with E-state index in [1.165, 1.54) is 64.2 Å². The fourth-order valence-corrected chi connectivity index (χ4v) is 12.0. The highest BCUT2D eigenvalue weighted by molar-refractivity contribution is 7.47. The first-order valence-corrected chi connectivity index (χ1v) is 43.7. The number of hydrogen-bond donors (Lipinski definition) is 3. The van der Waals surface area contributed by atoms with Crippen LogP contribution in [0, 0.1) is 0 Å². The molecule has 106 heavy (non-hydrogen) atoms. The quantitative estimate of drug-likeness (QED) is 0.0169. The minimum absolute atomic E-state index is 0.0334. The number of esters is 4. The molecule has 5 atom stereocenters. The number of phosphoric acid groups is 2. The molecule has 0 bridgehead atoms. The zero-order valence-corrected chi connectivity index (χ0v) is 67.8. The molecule has 19 heteroatoms. The maximum Gasteiger partial charge on any atom is 0.472 e. The Bertz CT molecular complexity index is 2630. The van der Waals surface area contributed by atoms with Gasteiger partial charge in [-0.25, -0.2) is 9.13 Å². The first-order valence-electron chi connectivity index (χ1n) is 40.7. The van der Waals surface area contributed by atoms with Crippen LogP contribution in [0.15, 0.2) is 158 Å². The number of rotatable bonds is 75. The van der Waals surface area contributed by atoms with E-state index in [9.17, 15) is 43.2 Å². The molecule has 3 N–H and O–H groups in total. The van der Waals surface area contributed by atoms with Crippen molar-refractivity contribution in [3.63, 3.8) is 0 Å². The first kappa shape index (κ1) is 101. The molecule has 0 radical (unpaired) electrons. The molecule has 0 saturated carbocycles. The number of carbonyl (C=O) groups excluding carboxylic acids is 4. The van der Waals surface area contributed by atoms with Gasteiger partial charge in [0.25, 0.3) is 0 Å². The van der Waals surface area contributed by atoms with Gasteiger partial charge in [-0.1, -0.05) is 301 Å². The fraction of sp³-hybridized carbons (Fsp3) is 0.655. The Balaban J connectivity index is 5.45. The van der Waals surface area contributed by atoms with Crippen LogP contribution in [-0.4, -0.2) is 96.7 Å². The molecule has 0 fully saturated rings. The number of hydrogen-bond acceptors (Lipinski definition) is 15. The normalized spacial score (nSPS) is 14.7. The minimum atomic E-state index is -5.00. The molecular formula is C87H144O17P2. The maximum atomic E-state index is 13.1. The summed E-state index contributed by atoms with van der Waals surface area (Å²) < 4.78 is 68.6. The lowest BCUT2D eigenvalue weighted by atomic mass is 10.0. The molecule has 0 aromatic rings. The van der Waals surface area contributed by atoms with Crippen LogP contribution >= 0.6 is 15.6 Å². The van der Waals surface area contributed by atoms with E-state index in [1.54, 1.807) is 0 Å². The van der Waals surface area contributed by atoms with Crippen molar-refractivity contribution in [2.45, 2.75) is 329 Å². The lowest BCUT2D eigenvalue weighted by Gasteiger charge is -2.21. The zero-order chi connectivity index (χ0) is 77.4. The fourth-order valence-electron chi connectivity index (χ4n) is 10.4. The summed E-state index contributed by atoms with van der Waals surface area (Å²) >= 11 is 0. The molecule has 0 rings (SSSR count). The van der Waals surface area contributed by atoms with E-state index in [2.05, 4.69) is 174 Å². The van der Waals surface area contributed by atoms with Gasteiger partial charge in [0.1, 0.15) is 19.3 Å². The van der Waals surface area contributed by atoms with Gasteiger partial charge in [-0.05, 0) is 141 Å². The summed E-state index contributed by atoms with van der Waals surface area (Å²) in [7, 11) is -10.0. The Morgan fingerprint density at radius 2 is 0.500 bits per heavy atom. The van der Waals surface area contributed by atoms with Crippen molar-refractivity contribution in [2.24, 2.45) is 0 Å². The van der Waals surface area contributed by atoms with Crippen molar-refractivity contribution in [3.05, 3.63) is 158 Å². The van der Waals surface area contributed by atoms with Crippen LogP contribution in [0.2, 0.25) is 0 Å². The van der Waals surface area contributed by atoms with Gasteiger partial charge >= 0.3 is 39.5 Å². The topological polar surface area (TPSA) is 237 Å². The van der Waals surface area contributed by atoms with Crippen molar-refractivity contribution in [1.29, 1.82) is 0 Å². The van der Waals surface area contributed by atoms with Gasteiger partial charge in [0, 0.05) is 25.7 Å². The largest absolute Gasteiger partial charge is 0.472 e. The van der Waals surface area contributed by atoms with Gasteiger partial charge in [-0.3, -0.25) is 37.3 Å². The Morgan fingerprint density at radius 3 is 0.811 bits per heavy atom. The number of unbranched alkanes of at least 4 members (excludes halogenated alkanes) is 23. The first-order chi connectivity index (χ1) is 51.7. The molecule has 0 spiro atoms. The van der Waals surface area contributed by atoms with Crippen LogP contribution in [0.5, 0.6) is 0 Å². The zero-order valence-electron chi connectivity index (χ0n) is 66.1. The van der Waals surface area contributed by atoms with Crippen molar-refractivity contribution in [3.8, 4) is 0 Å². The molecule has 604 valence electrons. The summed E-state index contributed by atoms with van der Waals surface area (Å²) in [6.07, 6.45) is 90.9. The average Bonchev–Trinajstić information content (AvgIpc) is 0.928.